The number of aliphatic hydroxyl groups excluding tert-OH is 1. The number of fused-ring (bicyclic) bond motifs is 3. The second-order valence-corrected chi connectivity index (χ2v) is 8.03. The Kier molecular flexibility index (Phi) is 6.60. The second-order valence-electron chi connectivity index (χ2n) is 8.03. The summed E-state index contributed by atoms with van der Waals surface area (Å²) in [6.07, 6.45) is -2.45. The van der Waals surface area contributed by atoms with Gasteiger partial charge in [-0.15, -0.1) is 0 Å². The van der Waals surface area contributed by atoms with Gasteiger partial charge in [-0.25, -0.2) is 9.37 Å². The molecule has 2 aromatic carbocycles. The lowest BCUT2D eigenvalue weighted by molar-refractivity contribution is -0.153. The van der Waals surface area contributed by atoms with E-state index in [1.165, 1.54) is 18.2 Å². The number of hydrogen-bond donors (Lipinski definition) is 2. The number of nitrogens with one attached hydrogen (secondary N) is 1. The molecule has 0 saturated carbocycles. The molecule has 0 bridgehead atoms. The second kappa shape index (κ2) is 9.43. The molecule has 33 heavy (non-hydrogen) atoms. The molecular weight excluding hydrogens is 438 g/mol. The zero-order chi connectivity index (χ0) is 23.6. The van der Waals surface area contributed by atoms with Crippen molar-refractivity contribution in [3.8, 4) is 5.75 Å². The van der Waals surface area contributed by atoms with Crippen LogP contribution < -0.4 is 15.0 Å². The number of benzene rings is 2. The fourth-order valence-corrected chi connectivity index (χ4v) is 4.19. The highest BCUT2D eigenvalue weighted by atomic mass is 19.4. The lowest BCUT2D eigenvalue weighted by atomic mass is 10.1. The van der Waals surface area contributed by atoms with Gasteiger partial charge in [-0.05, 0) is 56.0 Å². The third-order valence-corrected chi connectivity index (χ3v) is 5.62. The number of para-hydroxylation sites is 1. The van der Waals surface area contributed by atoms with Crippen LogP contribution in [0.3, 0.4) is 0 Å². The Labute approximate surface area is 189 Å². The number of hydrogen-bond acceptors (Lipinski definition) is 5. The Morgan fingerprint density at radius 2 is 2.00 bits per heavy atom. The molecule has 0 atom stereocenters. The van der Waals surface area contributed by atoms with Crippen molar-refractivity contribution in [2.75, 3.05) is 36.5 Å². The molecule has 5 nitrogen and oxygen atoms in total. The Morgan fingerprint density at radius 3 is 2.73 bits per heavy atom. The van der Waals surface area contributed by atoms with Crippen LogP contribution in [0.25, 0.3) is 10.9 Å². The summed E-state index contributed by atoms with van der Waals surface area (Å²) in [7, 11) is 0. The zero-order valence-corrected chi connectivity index (χ0v) is 18.2. The molecule has 0 saturated heterocycles. The van der Waals surface area contributed by atoms with E-state index in [-0.39, 0.29) is 18.2 Å². The summed E-state index contributed by atoms with van der Waals surface area (Å²) in [5, 5.41) is 13.0. The topological polar surface area (TPSA) is 57.6 Å². The quantitative estimate of drug-likeness (QED) is 0.341. The van der Waals surface area contributed by atoms with Crippen LogP contribution in [0.1, 0.15) is 24.0 Å². The molecule has 0 spiro atoms. The minimum atomic E-state index is -4.47. The van der Waals surface area contributed by atoms with Gasteiger partial charge in [0.05, 0.1) is 5.69 Å². The van der Waals surface area contributed by atoms with E-state index < -0.39 is 12.8 Å². The summed E-state index contributed by atoms with van der Waals surface area (Å²) in [5.74, 6) is 0.304. The van der Waals surface area contributed by atoms with Crippen LogP contribution in [-0.4, -0.2) is 42.6 Å². The van der Waals surface area contributed by atoms with Crippen molar-refractivity contribution in [2.45, 2.75) is 32.4 Å². The normalized spacial score (nSPS) is 13.5. The molecule has 1 aliphatic rings. The van der Waals surface area contributed by atoms with E-state index in [1.807, 2.05) is 13.0 Å². The first kappa shape index (κ1) is 23.1. The average Bonchev–Trinajstić information content (AvgIpc) is 3.20. The van der Waals surface area contributed by atoms with Crippen molar-refractivity contribution in [1.29, 1.82) is 0 Å². The molecule has 3 aromatic rings. The van der Waals surface area contributed by atoms with E-state index in [0.717, 1.165) is 28.9 Å². The number of ether oxygens (including phenoxy) is 1. The van der Waals surface area contributed by atoms with Gasteiger partial charge in [0.15, 0.2) is 6.61 Å². The van der Waals surface area contributed by atoms with Crippen LogP contribution in [-0.2, 0) is 6.42 Å². The van der Waals surface area contributed by atoms with Gasteiger partial charge in [0, 0.05) is 36.3 Å². The SMILES string of the molecule is Cc1cc(F)ccc1N1CCc2c(NCCCCO)nc3c(OCC(F)(F)F)cccc3c21. The van der Waals surface area contributed by atoms with E-state index >= 15 is 0 Å². The fraction of sp³-hybridized carbons (Fsp3) is 0.375. The largest absolute Gasteiger partial charge is 0.482 e. The maximum atomic E-state index is 13.7. The number of aliphatic hydroxyl groups is 1. The van der Waals surface area contributed by atoms with E-state index in [4.69, 9.17) is 9.84 Å². The molecule has 0 amide bonds. The van der Waals surface area contributed by atoms with Gasteiger partial charge in [-0.2, -0.15) is 13.2 Å². The van der Waals surface area contributed by atoms with Gasteiger partial charge >= 0.3 is 6.18 Å². The number of rotatable bonds is 8. The van der Waals surface area contributed by atoms with Gasteiger partial charge < -0.3 is 20.1 Å². The fourth-order valence-electron chi connectivity index (χ4n) is 4.19. The number of aromatic nitrogens is 1. The van der Waals surface area contributed by atoms with E-state index in [1.54, 1.807) is 12.1 Å². The summed E-state index contributed by atoms with van der Waals surface area (Å²) in [5.41, 5.74) is 3.70. The van der Waals surface area contributed by atoms with Gasteiger partial charge in [-0.3, -0.25) is 0 Å². The van der Waals surface area contributed by atoms with E-state index in [0.29, 0.717) is 42.7 Å². The smallest absolute Gasteiger partial charge is 0.422 e. The Bertz CT molecular complexity index is 1150. The first-order chi connectivity index (χ1) is 15.8. The number of unbranched alkanes of at least 4 members (excludes halogenated alkanes) is 1. The van der Waals surface area contributed by atoms with Gasteiger partial charge in [0.25, 0.3) is 0 Å². The summed E-state index contributed by atoms with van der Waals surface area (Å²) in [6, 6.07) is 9.51. The van der Waals surface area contributed by atoms with Crippen LogP contribution in [0, 0.1) is 12.7 Å². The van der Waals surface area contributed by atoms with Crippen LogP contribution in [0.4, 0.5) is 34.8 Å². The monoisotopic (exact) mass is 463 g/mol. The number of alkyl halides is 3. The third kappa shape index (κ3) is 4.98. The van der Waals surface area contributed by atoms with Crippen LogP contribution >= 0.6 is 0 Å². The molecule has 1 aliphatic heterocycles. The molecule has 2 heterocycles. The number of anilines is 3. The Hall–Kier alpha value is -3.07. The van der Waals surface area contributed by atoms with Crippen molar-refractivity contribution in [3.63, 3.8) is 0 Å². The van der Waals surface area contributed by atoms with Crippen molar-refractivity contribution in [3.05, 3.63) is 53.3 Å². The first-order valence-corrected chi connectivity index (χ1v) is 10.8. The molecule has 1 aromatic heterocycles. The molecule has 176 valence electrons. The Morgan fingerprint density at radius 1 is 1.18 bits per heavy atom. The highest BCUT2D eigenvalue weighted by Gasteiger charge is 2.31. The lowest BCUT2D eigenvalue weighted by Crippen LogP contribution is -2.19. The summed E-state index contributed by atoms with van der Waals surface area (Å²) in [6.45, 7) is 1.68. The molecule has 0 radical (unpaired) electrons. The van der Waals surface area contributed by atoms with Crippen molar-refractivity contribution in [2.24, 2.45) is 0 Å². The summed E-state index contributed by atoms with van der Waals surface area (Å²) >= 11 is 0. The van der Waals surface area contributed by atoms with E-state index in [9.17, 15) is 17.6 Å². The van der Waals surface area contributed by atoms with Crippen molar-refractivity contribution in [1.82, 2.24) is 4.98 Å². The summed E-state index contributed by atoms with van der Waals surface area (Å²) < 4.78 is 57.3. The minimum absolute atomic E-state index is 0.0497. The van der Waals surface area contributed by atoms with Crippen molar-refractivity contribution < 1.29 is 27.4 Å². The molecule has 4 rings (SSSR count). The van der Waals surface area contributed by atoms with Gasteiger partial charge in [0.1, 0.15) is 22.9 Å². The number of aryl methyl sites for hydroxylation is 1. The lowest BCUT2D eigenvalue weighted by Gasteiger charge is -2.24. The number of pyridine rings is 1. The molecular formula is C24H25F4N3O2. The highest BCUT2D eigenvalue weighted by Crippen LogP contribution is 2.45. The summed E-state index contributed by atoms with van der Waals surface area (Å²) in [4.78, 5) is 6.71. The molecule has 9 heteroatoms. The number of halogens is 4. The van der Waals surface area contributed by atoms with Crippen LogP contribution in [0.15, 0.2) is 36.4 Å². The maximum Gasteiger partial charge on any atom is 0.422 e. The standard InChI is InChI=1S/C24H25F4N3O2/c1-15-13-16(25)7-8-19(15)31-11-9-18-22(31)17-5-4-6-20(33-14-24(26,27)28)21(17)30-23(18)29-10-2-3-12-32/h4-8,13,32H,2-3,9-12,14H2,1H3,(H,29,30). The van der Waals surface area contributed by atoms with Gasteiger partial charge in [0.2, 0.25) is 0 Å². The zero-order valence-electron chi connectivity index (χ0n) is 18.2. The molecule has 0 fully saturated rings. The Balaban J connectivity index is 1.83. The maximum absolute atomic E-state index is 13.7. The predicted molar refractivity (Wildman–Crippen MR) is 120 cm³/mol. The molecule has 2 N–H and O–H groups in total. The van der Waals surface area contributed by atoms with Gasteiger partial charge in [-0.1, -0.05) is 12.1 Å². The van der Waals surface area contributed by atoms with Crippen LogP contribution in [0.2, 0.25) is 0 Å². The first-order valence-electron chi connectivity index (χ1n) is 10.8. The highest BCUT2D eigenvalue weighted by molar-refractivity contribution is 6.02. The third-order valence-electron chi connectivity index (χ3n) is 5.62. The van der Waals surface area contributed by atoms with E-state index in [2.05, 4.69) is 15.2 Å². The number of nitrogens with zero attached hydrogens (tertiary/aromatic N) is 2. The minimum Gasteiger partial charge on any atom is -0.482 e. The van der Waals surface area contributed by atoms with Crippen LogP contribution in [0.5, 0.6) is 5.75 Å². The predicted octanol–water partition coefficient (Wildman–Crippen LogP) is 5.50. The average molecular weight is 463 g/mol. The van der Waals surface area contributed by atoms with Crippen molar-refractivity contribution >= 4 is 28.1 Å². The molecule has 0 aliphatic carbocycles. The molecule has 0 unspecified atom stereocenters.